The van der Waals surface area contributed by atoms with Gasteiger partial charge < -0.3 is 10.2 Å². The van der Waals surface area contributed by atoms with Crippen molar-refractivity contribution >= 4 is 11.8 Å². The average molecular weight is 318 g/mol. The van der Waals surface area contributed by atoms with Crippen LogP contribution < -0.4 is 5.32 Å². The van der Waals surface area contributed by atoms with Crippen molar-refractivity contribution in [3.63, 3.8) is 0 Å². The Bertz CT molecular complexity index is 624. The van der Waals surface area contributed by atoms with Gasteiger partial charge in [0.1, 0.15) is 0 Å². The van der Waals surface area contributed by atoms with Crippen LogP contribution in [0.1, 0.15) is 67.7 Å². The normalized spacial score (nSPS) is 28.0. The van der Waals surface area contributed by atoms with Crippen molar-refractivity contribution in [2.75, 3.05) is 6.54 Å². The number of nitrogens with zero attached hydrogens (tertiary/aromatic N) is 2. The van der Waals surface area contributed by atoms with E-state index < -0.39 is 0 Å². The van der Waals surface area contributed by atoms with E-state index in [9.17, 15) is 9.59 Å². The van der Waals surface area contributed by atoms with Gasteiger partial charge >= 0.3 is 0 Å². The number of aromatic nitrogens is 2. The molecule has 2 aliphatic heterocycles. The number of carbonyl (C=O) groups excluding carboxylic acids is 2. The van der Waals surface area contributed by atoms with Crippen LogP contribution in [0.15, 0.2) is 0 Å². The van der Waals surface area contributed by atoms with Crippen LogP contribution in [0.3, 0.4) is 0 Å². The monoisotopic (exact) mass is 318 g/mol. The molecule has 6 nitrogen and oxygen atoms in total. The molecule has 126 valence electrons. The van der Waals surface area contributed by atoms with Crippen LogP contribution >= 0.6 is 0 Å². The second-order valence-electron chi connectivity index (χ2n) is 7.01. The van der Waals surface area contributed by atoms with E-state index in [1.54, 1.807) is 0 Å². The minimum atomic E-state index is -0.320. The number of hydrogen-bond acceptors (Lipinski definition) is 3. The highest BCUT2D eigenvalue weighted by Crippen LogP contribution is 2.34. The van der Waals surface area contributed by atoms with Crippen molar-refractivity contribution in [1.82, 2.24) is 20.4 Å². The molecule has 2 aliphatic rings. The summed E-state index contributed by atoms with van der Waals surface area (Å²) in [7, 11) is 0. The van der Waals surface area contributed by atoms with E-state index in [4.69, 9.17) is 0 Å². The fourth-order valence-corrected chi connectivity index (χ4v) is 4.11. The lowest BCUT2D eigenvalue weighted by Crippen LogP contribution is -2.63. The molecule has 0 spiro atoms. The number of aromatic amines is 1. The van der Waals surface area contributed by atoms with Gasteiger partial charge in [-0.3, -0.25) is 14.7 Å². The molecule has 0 saturated carbocycles. The average Bonchev–Trinajstić information content (AvgIpc) is 2.80. The number of fused-ring (bicyclic) bond motifs is 1. The van der Waals surface area contributed by atoms with Crippen molar-refractivity contribution in [3.8, 4) is 0 Å². The molecule has 1 aromatic rings. The Morgan fingerprint density at radius 3 is 2.91 bits per heavy atom. The third-order valence-electron chi connectivity index (χ3n) is 5.44. The van der Waals surface area contributed by atoms with Gasteiger partial charge in [0.15, 0.2) is 5.69 Å². The zero-order chi connectivity index (χ0) is 16.6. The lowest BCUT2D eigenvalue weighted by molar-refractivity contribution is -0.123. The van der Waals surface area contributed by atoms with Crippen LogP contribution in [-0.4, -0.2) is 45.0 Å². The standard InChI is InChI=1S/C17H26N4O2/c1-4-12-11(2)15(20-19-12)16(23)21-10-6-9-17(3)13(21)7-5-8-14(22)18-17/h13H,4-10H2,1-3H3,(H,18,22)(H,19,20)/t13-,17-/m0/s1. The van der Waals surface area contributed by atoms with Crippen LogP contribution in [0.2, 0.25) is 0 Å². The summed E-state index contributed by atoms with van der Waals surface area (Å²) < 4.78 is 0. The Kier molecular flexibility index (Phi) is 4.17. The molecule has 23 heavy (non-hydrogen) atoms. The molecule has 0 bridgehead atoms. The van der Waals surface area contributed by atoms with Gasteiger partial charge in [0.2, 0.25) is 5.91 Å². The van der Waals surface area contributed by atoms with Gasteiger partial charge in [-0.25, -0.2) is 0 Å². The molecule has 0 radical (unpaired) electrons. The summed E-state index contributed by atoms with van der Waals surface area (Å²) in [5, 5.41) is 10.4. The lowest BCUT2D eigenvalue weighted by atomic mass is 9.81. The molecule has 2 saturated heterocycles. The van der Waals surface area contributed by atoms with Gasteiger partial charge in [-0.15, -0.1) is 0 Å². The summed E-state index contributed by atoms with van der Waals surface area (Å²) >= 11 is 0. The van der Waals surface area contributed by atoms with E-state index in [2.05, 4.69) is 22.4 Å². The van der Waals surface area contributed by atoms with Gasteiger partial charge in [0.05, 0.1) is 11.6 Å². The Hall–Kier alpha value is -1.85. The fraction of sp³-hybridized carbons (Fsp3) is 0.706. The molecule has 0 aromatic carbocycles. The number of hydrogen-bond donors (Lipinski definition) is 2. The van der Waals surface area contributed by atoms with Crippen LogP contribution in [0.25, 0.3) is 0 Å². The summed E-state index contributed by atoms with van der Waals surface area (Å²) in [4.78, 5) is 27.0. The SMILES string of the molecule is CCc1[nH]nc(C(=O)N2CCC[C@]3(C)NC(=O)CCC[C@H]23)c1C. The molecular formula is C17H26N4O2. The third kappa shape index (κ3) is 2.75. The smallest absolute Gasteiger partial charge is 0.274 e. The topological polar surface area (TPSA) is 78.1 Å². The summed E-state index contributed by atoms with van der Waals surface area (Å²) in [6.45, 7) is 6.82. The number of nitrogens with one attached hydrogen (secondary N) is 2. The van der Waals surface area contributed by atoms with Crippen molar-refractivity contribution in [3.05, 3.63) is 17.0 Å². The number of carbonyl (C=O) groups is 2. The highest BCUT2D eigenvalue weighted by atomic mass is 16.2. The Labute approximate surface area is 137 Å². The van der Waals surface area contributed by atoms with Gasteiger partial charge in [-0.05, 0) is 46.0 Å². The van der Waals surface area contributed by atoms with Gasteiger partial charge in [-0.1, -0.05) is 6.92 Å². The van der Waals surface area contributed by atoms with Crippen molar-refractivity contribution in [1.29, 1.82) is 0 Å². The summed E-state index contributed by atoms with van der Waals surface area (Å²) in [5.41, 5.74) is 2.17. The molecule has 2 N–H and O–H groups in total. The first kappa shape index (κ1) is 16.0. The van der Waals surface area contributed by atoms with Crippen molar-refractivity contribution in [2.45, 2.75) is 70.9 Å². The maximum absolute atomic E-state index is 13.1. The van der Waals surface area contributed by atoms with Crippen molar-refractivity contribution in [2.24, 2.45) is 0 Å². The maximum Gasteiger partial charge on any atom is 0.274 e. The quantitative estimate of drug-likeness (QED) is 0.875. The summed E-state index contributed by atoms with van der Waals surface area (Å²) in [5.74, 6) is 0.0963. The Balaban J connectivity index is 1.90. The molecule has 2 atom stereocenters. The zero-order valence-electron chi connectivity index (χ0n) is 14.2. The summed E-state index contributed by atoms with van der Waals surface area (Å²) in [6.07, 6.45) is 4.91. The van der Waals surface area contributed by atoms with Gasteiger partial charge in [-0.2, -0.15) is 5.10 Å². The molecule has 1 aromatic heterocycles. The van der Waals surface area contributed by atoms with E-state index in [1.165, 1.54) is 0 Å². The maximum atomic E-state index is 13.1. The Morgan fingerprint density at radius 1 is 1.43 bits per heavy atom. The first-order chi connectivity index (χ1) is 11.0. The minimum Gasteiger partial charge on any atom is -0.349 e. The molecule has 6 heteroatoms. The molecule has 3 rings (SSSR count). The number of H-pyrrole nitrogens is 1. The highest BCUT2D eigenvalue weighted by molar-refractivity contribution is 5.94. The molecule has 2 amide bonds. The third-order valence-corrected chi connectivity index (χ3v) is 5.44. The van der Waals surface area contributed by atoms with E-state index in [0.717, 1.165) is 49.9 Å². The first-order valence-corrected chi connectivity index (χ1v) is 8.62. The Morgan fingerprint density at radius 2 is 2.22 bits per heavy atom. The zero-order valence-corrected chi connectivity index (χ0v) is 14.2. The van der Waals surface area contributed by atoms with Crippen LogP contribution in [0, 0.1) is 6.92 Å². The number of rotatable bonds is 2. The molecular weight excluding hydrogens is 292 g/mol. The predicted molar refractivity (Wildman–Crippen MR) is 87.2 cm³/mol. The van der Waals surface area contributed by atoms with E-state index in [-0.39, 0.29) is 23.4 Å². The van der Waals surface area contributed by atoms with Crippen molar-refractivity contribution < 1.29 is 9.59 Å². The number of likely N-dealkylation sites (tertiary alicyclic amines) is 1. The molecule has 0 aliphatic carbocycles. The van der Waals surface area contributed by atoms with Crippen LogP contribution in [-0.2, 0) is 11.2 Å². The van der Waals surface area contributed by atoms with E-state index in [0.29, 0.717) is 12.1 Å². The number of amides is 2. The molecule has 2 fully saturated rings. The van der Waals surface area contributed by atoms with E-state index in [1.807, 2.05) is 18.7 Å². The van der Waals surface area contributed by atoms with Crippen LogP contribution in [0.4, 0.5) is 0 Å². The summed E-state index contributed by atoms with van der Waals surface area (Å²) in [6, 6.07) is 0.0522. The predicted octanol–water partition coefficient (Wildman–Crippen LogP) is 1.94. The highest BCUT2D eigenvalue weighted by Gasteiger charge is 2.45. The van der Waals surface area contributed by atoms with Crippen LogP contribution in [0.5, 0.6) is 0 Å². The lowest BCUT2D eigenvalue weighted by Gasteiger charge is -2.47. The van der Waals surface area contributed by atoms with E-state index >= 15 is 0 Å². The molecule has 3 heterocycles. The second-order valence-corrected chi connectivity index (χ2v) is 7.01. The number of piperidine rings is 1. The van der Waals surface area contributed by atoms with Gasteiger partial charge in [0.25, 0.3) is 5.91 Å². The first-order valence-electron chi connectivity index (χ1n) is 8.62. The fourth-order valence-electron chi connectivity index (χ4n) is 4.11. The second kappa shape index (κ2) is 5.98. The van der Waals surface area contributed by atoms with Gasteiger partial charge in [0, 0.05) is 24.2 Å². The minimum absolute atomic E-state index is 0.00877. The molecule has 0 unspecified atom stereocenters. The largest absolute Gasteiger partial charge is 0.349 e. The number of aryl methyl sites for hydroxylation is 1.